The zero-order chi connectivity index (χ0) is 42.1. The summed E-state index contributed by atoms with van der Waals surface area (Å²) in [6.45, 7) is 7.51. The van der Waals surface area contributed by atoms with E-state index in [2.05, 4.69) is 69.1 Å². The second kappa shape index (κ2) is 15.3. The number of carboxylic acid groups (broad SMARTS) is 1. The summed E-state index contributed by atoms with van der Waals surface area (Å²) in [6, 6.07) is 19.0. The van der Waals surface area contributed by atoms with Gasteiger partial charge in [-0.15, -0.1) is 0 Å². The highest BCUT2D eigenvalue weighted by atomic mass is 35.5. The molecule has 2 aliphatic carbocycles. The molecule has 15 heteroatoms. The number of fused-ring (bicyclic) bond motifs is 3. The van der Waals surface area contributed by atoms with Crippen LogP contribution in [0.1, 0.15) is 77.1 Å². The lowest BCUT2D eigenvalue weighted by Crippen LogP contribution is -2.52. The molecule has 4 amide bonds. The second-order valence-corrected chi connectivity index (χ2v) is 17.8. The lowest BCUT2D eigenvalue weighted by molar-refractivity contribution is -0.137. The molecule has 0 spiro atoms. The van der Waals surface area contributed by atoms with Gasteiger partial charge >= 0.3 is 12.2 Å². The Labute approximate surface area is 352 Å². The highest BCUT2D eigenvalue weighted by Crippen LogP contribution is 2.55. The summed E-state index contributed by atoms with van der Waals surface area (Å²) in [6.07, 6.45) is 3.44. The van der Waals surface area contributed by atoms with Crippen molar-refractivity contribution in [2.75, 3.05) is 7.11 Å². The van der Waals surface area contributed by atoms with E-state index in [1.807, 2.05) is 55.8 Å². The maximum atomic E-state index is 13.8. The van der Waals surface area contributed by atoms with Gasteiger partial charge in [-0.3, -0.25) is 9.59 Å². The van der Waals surface area contributed by atoms with Crippen LogP contribution in [0.2, 0.25) is 5.15 Å². The van der Waals surface area contributed by atoms with E-state index in [9.17, 15) is 24.3 Å². The number of carbonyl (C=O) groups is 4. The van der Waals surface area contributed by atoms with E-state index in [1.165, 1.54) is 7.11 Å². The summed E-state index contributed by atoms with van der Waals surface area (Å²) < 4.78 is 4.80. The first-order chi connectivity index (χ1) is 28.8. The number of aromatic nitrogens is 4. The van der Waals surface area contributed by atoms with E-state index >= 15 is 0 Å². The predicted molar refractivity (Wildman–Crippen MR) is 226 cm³/mol. The molecule has 2 saturated carbocycles. The number of H-pyrrole nitrogens is 2. The van der Waals surface area contributed by atoms with Crippen LogP contribution in [0.5, 0.6) is 0 Å². The third-order valence-corrected chi connectivity index (χ3v) is 13.1. The van der Waals surface area contributed by atoms with Gasteiger partial charge < -0.3 is 40.2 Å². The van der Waals surface area contributed by atoms with E-state index in [0.29, 0.717) is 34.3 Å². The topological polar surface area (TPSA) is 186 Å². The van der Waals surface area contributed by atoms with Crippen molar-refractivity contribution in [3.05, 3.63) is 83.7 Å². The average Bonchev–Trinajstić information content (AvgIpc) is 3.88. The molecule has 5 N–H and O–H groups in total. The number of methoxy groups -OCH3 is 1. The molecule has 4 heterocycles. The van der Waals surface area contributed by atoms with Gasteiger partial charge in [0.15, 0.2) is 0 Å². The molecule has 3 aromatic carbocycles. The molecule has 4 fully saturated rings. The Hall–Kier alpha value is -5.89. The Morgan fingerprint density at radius 3 is 1.85 bits per heavy atom. The number of benzene rings is 3. The number of imidazole rings is 2. The van der Waals surface area contributed by atoms with Crippen molar-refractivity contribution in [2.45, 2.75) is 89.6 Å². The Kier molecular flexibility index (Phi) is 10.1. The van der Waals surface area contributed by atoms with Crippen molar-refractivity contribution in [3.8, 4) is 33.6 Å². The quantitative estimate of drug-likeness (QED) is 0.0888. The zero-order valence-corrected chi connectivity index (χ0v) is 34.9. The van der Waals surface area contributed by atoms with Gasteiger partial charge in [0, 0.05) is 23.2 Å². The van der Waals surface area contributed by atoms with Crippen molar-refractivity contribution in [2.24, 2.45) is 23.7 Å². The molecule has 0 radical (unpaired) electrons. The fourth-order valence-corrected chi connectivity index (χ4v) is 9.73. The lowest BCUT2D eigenvalue weighted by Gasteiger charge is -2.31. The standard InChI is InChI=1S/C45H49ClN8O6/c1-21(2)36(50-44(57)58)42(55)53-32-16-29(32)18-34(53)40-47-20-31(48-40)28-13-12-26-14-25(10-11-27(26)15-28)23-6-8-24(9-7-23)38-39(46)52-41(49-38)35-19-30-17-33(30)54(35)43(56)37(22(3)4)51-45(59)60-5/h6-15,20-22,29-30,32-37,50H,16-19H2,1-5H3,(H,47,48)(H,49,52)(H,51,59)(H,57,58)/t29-,30+,32-,33-,34+,35+,36+,37+/m1/s1. The number of alkyl carbamates (subject to hydrolysis) is 1. The number of hydrogen-bond donors (Lipinski definition) is 5. The highest BCUT2D eigenvalue weighted by Gasteiger charge is 2.57. The van der Waals surface area contributed by atoms with E-state index in [4.69, 9.17) is 26.3 Å². The molecule has 9 rings (SSSR count). The summed E-state index contributed by atoms with van der Waals surface area (Å²) in [5.74, 6) is 1.51. The summed E-state index contributed by atoms with van der Waals surface area (Å²) in [5, 5.41) is 17.1. The van der Waals surface area contributed by atoms with Crippen molar-refractivity contribution in [1.29, 1.82) is 0 Å². The summed E-state index contributed by atoms with van der Waals surface area (Å²) in [4.78, 5) is 71.2. The van der Waals surface area contributed by atoms with Crippen molar-refractivity contribution in [1.82, 2.24) is 40.4 Å². The van der Waals surface area contributed by atoms with E-state index in [1.54, 1.807) is 0 Å². The molecule has 0 bridgehead atoms. The maximum Gasteiger partial charge on any atom is 0.407 e. The molecular weight excluding hydrogens is 784 g/mol. The first-order valence-corrected chi connectivity index (χ1v) is 21.1. The van der Waals surface area contributed by atoms with Crippen LogP contribution in [-0.4, -0.2) is 90.1 Å². The average molecular weight is 833 g/mol. The monoisotopic (exact) mass is 832 g/mol. The smallest absolute Gasteiger partial charge is 0.407 e. The van der Waals surface area contributed by atoms with E-state index in [-0.39, 0.29) is 47.8 Å². The maximum absolute atomic E-state index is 13.8. The number of halogens is 1. The Morgan fingerprint density at radius 2 is 1.27 bits per heavy atom. The van der Waals surface area contributed by atoms with Gasteiger partial charge in [-0.25, -0.2) is 19.6 Å². The number of hydrogen-bond acceptors (Lipinski definition) is 7. The number of ether oxygens (including phenoxy) is 1. The number of rotatable bonds is 11. The molecule has 8 atom stereocenters. The summed E-state index contributed by atoms with van der Waals surface area (Å²) in [7, 11) is 1.29. The Morgan fingerprint density at radius 1 is 0.733 bits per heavy atom. The number of likely N-dealkylation sites (tertiary alicyclic amines) is 2. The molecule has 5 aromatic rings. The van der Waals surface area contributed by atoms with Gasteiger partial charge in [0.1, 0.15) is 34.6 Å². The van der Waals surface area contributed by atoms with Gasteiger partial charge in [-0.05, 0) is 83.4 Å². The highest BCUT2D eigenvalue weighted by molar-refractivity contribution is 6.32. The predicted octanol–water partition coefficient (Wildman–Crippen LogP) is 7.94. The minimum absolute atomic E-state index is 0.119. The van der Waals surface area contributed by atoms with Gasteiger partial charge in [0.25, 0.3) is 0 Å². The largest absolute Gasteiger partial charge is 0.465 e. The molecule has 4 aliphatic rings. The van der Waals surface area contributed by atoms with Crippen LogP contribution in [0.25, 0.3) is 44.4 Å². The third kappa shape index (κ3) is 7.24. The molecular formula is C45H49ClN8O6. The van der Waals surface area contributed by atoms with Crippen molar-refractivity contribution in [3.63, 3.8) is 0 Å². The minimum atomic E-state index is -1.20. The van der Waals surface area contributed by atoms with Gasteiger partial charge in [0.05, 0.1) is 31.1 Å². The number of nitrogens with one attached hydrogen (secondary N) is 4. The normalized spacial score (nSPS) is 23.7. The van der Waals surface area contributed by atoms with Crippen LogP contribution in [0.4, 0.5) is 9.59 Å². The molecule has 60 heavy (non-hydrogen) atoms. The number of piperidine rings is 2. The molecule has 312 valence electrons. The van der Waals surface area contributed by atoms with Crippen LogP contribution in [0.15, 0.2) is 66.9 Å². The summed E-state index contributed by atoms with van der Waals surface area (Å²) >= 11 is 6.77. The van der Waals surface area contributed by atoms with Crippen LogP contribution in [0.3, 0.4) is 0 Å². The molecule has 2 saturated heterocycles. The van der Waals surface area contributed by atoms with Crippen LogP contribution < -0.4 is 10.6 Å². The van der Waals surface area contributed by atoms with Crippen LogP contribution >= 0.6 is 11.6 Å². The van der Waals surface area contributed by atoms with Gasteiger partial charge in [-0.1, -0.05) is 87.8 Å². The van der Waals surface area contributed by atoms with Gasteiger partial charge in [-0.2, -0.15) is 0 Å². The molecule has 2 aromatic heterocycles. The first kappa shape index (κ1) is 39.6. The summed E-state index contributed by atoms with van der Waals surface area (Å²) in [5.41, 5.74) is 5.38. The number of aromatic amines is 2. The minimum Gasteiger partial charge on any atom is -0.465 e. The first-order valence-electron chi connectivity index (χ1n) is 20.7. The fraction of sp³-hybridized carbons (Fsp3) is 0.422. The molecule has 14 nitrogen and oxygen atoms in total. The number of carbonyl (C=O) groups excluding carboxylic acids is 3. The fourth-order valence-electron chi connectivity index (χ4n) is 9.49. The Balaban J connectivity index is 0.896. The number of amides is 4. The van der Waals surface area contributed by atoms with Crippen molar-refractivity contribution < 1.29 is 29.0 Å². The molecule has 2 aliphatic heterocycles. The lowest BCUT2D eigenvalue weighted by atomic mass is 9.98. The van der Waals surface area contributed by atoms with Crippen LogP contribution in [-0.2, 0) is 14.3 Å². The second-order valence-electron chi connectivity index (χ2n) is 17.5. The van der Waals surface area contributed by atoms with E-state index < -0.39 is 24.3 Å². The molecule has 0 unspecified atom stereocenters. The number of nitrogens with zero attached hydrogens (tertiary/aromatic N) is 4. The Bertz CT molecular complexity index is 2500. The van der Waals surface area contributed by atoms with Crippen molar-refractivity contribution >= 4 is 46.4 Å². The third-order valence-electron chi connectivity index (χ3n) is 12.9. The van der Waals surface area contributed by atoms with Gasteiger partial charge in [0.2, 0.25) is 11.8 Å². The van der Waals surface area contributed by atoms with Crippen LogP contribution in [0, 0.1) is 23.7 Å². The van der Waals surface area contributed by atoms with E-state index in [0.717, 1.165) is 64.4 Å². The zero-order valence-electron chi connectivity index (χ0n) is 34.1. The SMILES string of the molecule is COC(=O)N[C@H](C(=O)N1[C@@H]2C[C@H]2C[C@H]1c1nc(-c2ccc(-c3ccc4cc(-c5cnc([C@@H]6C[C@H]7C[C@H]7N6C(=O)[C@@H](NC(=O)O)C(C)C)[nH]5)ccc4c3)cc2)c(Cl)[nH]1)C(C)C.